The molecule has 0 spiro atoms. The molecule has 0 saturated carbocycles. The van der Waals surface area contributed by atoms with Crippen LogP contribution in [-0.4, -0.2) is 18.2 Å². The van der Waals surface area contributed by atoms with Gasteiger partial charge in [-0.05, 0) is 45.5 Å². The third kappa shape index (κ3) is 2.20. The topological polar surface area (TPSA) is 17.0 Å². The van der Waals surface area contributed by atoms with Crippen molar-refractivity contribution in [1.29, 1.82) is 0 Å². The van der Waals surface area contributed by atoms with Crippen LogP contribution in [0.4, 0.5) is 4.39 Å². The van der Waals surface area contributed by atoms with Gasteiger partial charge in [-0.3, -0.25) is 0 Å². The van der Waals surface area contributed by atoms with Crippen LogP contribution >= 0.6 is 0 Å². The maximum atomic E-state index is 13.9. The van der Waals surface area contributed by atoms with Crippen LogP contribution in [0.25, 0.3) is 10.9 Å². The van der Waals surface area contributed by atoms with Gasteiger partial charge in [0.1, 0.15) is 5.82 Å². The molecule has 2 rings (SSSR count). The second-order valence-corrected chi connectivity index (χ2v) is 4.64. The largest absolute Gasteiger partial charge is 0.342 e. The smallest absolute Gasteiger partial charge is 0.147 e. The van der Waals surface area contributed by atoms with Gasteiger partial charge in [0.15, 0.2) is 0 Å². The molecular formula is C14H19FN2. The van der Waals surface area contributed by atoms with E-state index in [2.05, 4.69) is 25.4 Å². The van der Waals surface area contributed by atoms with Gasteiger partial charge in [0, 0.05) is 17.6 Å². The highest BCUT2D eigenvalue weighted by Gasteiger charge is 2.13. The number of halogens is 1. The summed E-state index contributed by atoms with van der Waals surface area (Å²) in [5, 5.41) is 4.17. The first-order valence-corrected chi connectivity index (χ1v) is 6.07. The maximum Gasteiger partial charge on any atom is 0.147 e. The number of hydrogen-bond donors (Lipinski definition) is 1. The number of nitrogens with one attached hydrogen (secondary N) is 1. The molecule has 92 valence electrons. The molecule has 0 unspecified atom stereocenters. The quantitative estimate of drug-likeness (QED) is 0.860. The highest BCUT2D eigenvalue weighted by molar-refractivity contribution is 5.84. The maximum absolute atomic E-state index is 13.9. The van der Waals surface area contributed by atoms with Crippen molar-refractivity contribution in [3.8, 4) is 0 Å². The van der Waals surface area contributed by atoms with E-state index in [1.54, 1.807) is 6.07 Å². The van der Waals surface area contributed by atoms with E-state index in [0.29, 0.717) is 0 Å². The fraction of sp³-hybridized carbons (Fsp3) is 0.429. The third-order valence-corrected chi connectivity index (χ3v) is 3.09. The average Bonchev–Trinajstić information content (AvgIpc) is 2.67. The summed E-state index contributed by atoms with van der Waals surface area (Å²) in [7, 11) is 1.93. The predicted molar refractivity (Wildman–Crippen MR) is 69.9 cm³/mol. The highest BCUT2D eigenvalue weighted by atomic mass is 19.1. The van der Waals surface area contributed by atoms with Crippen molar-refractivity contribution in [2.24, 2.45) is 0 Å². The summed E-state index contributed by atoms with van der Waals surface area (Å²) in [5.74, 6) is -0.132. The summed E-state index contributed by atoms with van der Waals surface area (Å²) >= 11 is 0. The lowest BCUT2D eigenvalue weighted by Gasteiger charge is -2.09. The summed E-state index contributed by atoms with van der Waals surface area (Å²) in [6.07, 6.45) is 3.01. The Kier molecular flexibility index (Phi) is 3.48. The Morgan fingerprint density at radius 2 is 2.12 bits per heavy atom. The van der Waals surface area contributed by atoms with Crippen LogP contribution in [0, 0.1) is 5.82 Å². The van der Waals surface area contributed by atoms with Gasteiger partial charge in [-0.25, -0.2) is 4.39 Å². The van der Waals surface area contributed by atoms with Crippen LogP contribution in [0.5, 0.6) is 0 Å². The second-order valence-electron chi connectivity index (χ2n) is 4.64. The number of benzene rings is 1. The molecule has 0 aliphatic rings. The van der Waals surface area contributed by atoms with Gasteiger partial charge in [-0.2, -0.15) is 0 Å². The molecule has 0 bridgehead atoms. The average molecular weight is 234 g/mol. The Balaban J connectivity index is 2.58. The molecule has 0 fully saturated rings. The number of likely N-dealkylation sites (N-methyl/N-ethyl adjacent to an activating group) is 1. The zero-order valence-corrected chi connectivity index (χ0v) is 10.6. The van der Waals surface area contributed by atoms with E-state index in [-0.39, 0.29) is 11.9 Å². The number of nitrogens with zero attached hydrogens (tertiary/aromatic N) is 1. The van der Waals surface area contributed by atoms with Gasteiger partial charge in [0.05, 0.1) is 5.52 Å². The van der Waals surface area contributed by atoms with Crippen LogP contribution in [0.15, 0.2) is 24.4 Å². The summed E-state index contributed by atoms with van der Waals surface area (Å²) in [4.78, 5) is 0. The van der Waals surface area contributed by atoms with E-state index >= 15 is 0 Å². The standard InChI is InChI=1S/C14H19FN2/c1-10(2)17-9-11(7-8-16-3)12-5-4-6-13(15)14(12)17/h4-6,9-10,16H,7-8H2,1-3H3. The SMILES string of the molecule is CNCCc1cn(C(C)C)c2c(F)cccc12. The molecule has 1 aromatic heterocycles. The van der Waals surface area contributed by atoms with Crippen LogP contribution in [0.3, 0.4) is 0 Å². The molecule has 1 aromatic carbocycles. The molecule has 0 aliphatic heterocycles. The van der Waals surface area contributed by atoms with E-state index in [0.717, 1.165) is 23.9 Å². The zero-order valence-electron chi connectivity index (χ0n) is 10.6. The highest BCUT2D eigenvalue weighted by Crippen LogP contribution is 2.27. The lowest BCUT2D eigenvalue weighted by atomic mass is 10.1. The minimum absolute atomic E-state index is 0.132. The first-order chi connectivity index (χ1) is 8.15. The van der Waals surface area contributed by atoms with Gasteiger partial charge in [-0.1, -0.05) is 12.1 Å². The van der Waals surface area contributed by atoms with Gasteiger partial charge in [-0.15, -0.1) is 0 Å². The van der Waals surface area contributed by atoms with Crippen LogP contribution in [0.1, 0.15) is 25.5 Å². The Morgan fingerprint density at radius 1 is 1.35 bits per heavy atom. The molecule has 2 aromatic rings. The molecule has 0 aliphatic carbocycles. The molecule has 0 atom stereocenters. The van der Waals surface area contributed by atoms with E-state index < -0.39 is 0 Å². The number of rotatable bonds is 4. The van der Waals surface area contributed by atoms with Crippen molar-refractivity contribution in [2.45, 2.75) is 26.3 Å². The summed E-state index contributed by atoms with van der Waals surface area (Å²) in [6.45, 7) is 5.06. The fourth-order valence-corrected chi connectivity index (χ4v) is 2.21. The first-order valence-electron chi connectivity index (χ1n) is 6.07. The van der Waals surface area contributed by atoms with Crippen molar-refractivity contribution in [3.63, 3.8) is 0 Å². The predicted octanol–water partition coefficient (Wildman–Crippen LogP) is 3.12. The molecule has 1 N–H and O–H groups in total. The zero-order chi connectivity index (χ0) is 12.4. The van der Waals surface area contributed by atoms with Gasteiger partial charge >= 0.3 is 0 Å². The molecule has 0 amide bonds. The van der Waals surface area contributed by atoms with Gasteiger partial charge in [0.25, 0.3) is 0 Å². The Bertz CT molecular complexity index is 514. The molecule has 3 heteroatoms. The number of aromatic nitrogens is 1. The van der Waals surface area contributed by atoms with E-state index in [4.69, 9.17) is 0 Å². The van der Waals surface area contributed by atoms with E-state index in [1.165, 1.54) is 11.6 Å². The Morgan fingerprint density at radius 3 is 2.76 bits per heavy atom. The molecule has 17 heavy (non-hydrogen) atoms. The lowest BCUT2D eigenvalue weighted by molar-refractivity contribution is 0.587. The molecule has 0 radical (unpaired) electrons. The fourth-order valence-electron chi connectivity index (χ4n) is 2.21. The van der Waals surface area contributed by atoms with Crippen molar-refractivity contribution in [2.75, 3.05) is 13.6 Å². The van der Waals surface area contributed by atoms with Crippen LogP contribution in [-0.2, 0) is 6.42 Å². The summed E-state index contributed by atoms with van der Waals surface area (Å²) < 4.78 is 15.9. The van der Waals surface area contributed by atoms with E-state index in [1.807, 2.05) is 17.7 Å². The minimum atomic E-state index is -0.132. The summed E-state index contributed by atoms with van der Waals surface area (Å²) in [5.41, 5.74) is 1.94. The van der Waals surface area contributed by atoms with Crippen LogP contribution < -0.4 is 5.32 Å². The molecular weight excluding hydrogens is 215 g/mol. The van der Waals surface area contributed by atoms with Crippen LogP contribution in [0.2, 0.25) is 0 Å². The van der Waals surface area contributed by atoms with Gasteiger partial charge < -0.3 is 9.88 Å². The lowest BCUT2D eigenvalue weighted by Crippen LogP contribution is -2.10. The van der Waals surface area contributed by atoms with Crippen molar-refractivity contribution in [1.82, 2.24) is 9.88 Å². The monoisotopic (exact) mass is 234 g/mol. The minimum Gasteiger partial charge on any atom is -0.342 e. The second kappa shape index (κ2) is 4.88. The molecule has 0 saturated heterocycles. The first kappa shape index (κ1) is 12.1. The number of hydrogen-bond acceptors (Lipinski definition) is 1. The van der Waals surface area contributed by atoms with Crippen molar-refractivity contribution in [3.05, 3.63) is 35.8 Å². The van der Waals surface area contributed by atoms with Gasteiger partial charge in [0.2, 0.25) is 0 Å². The Hall–Kier alpha value is -1.35. The van der Waals surface area contributed by atoms with Crippen molar-refractivity contribution < 1.29 is 4.39 Å². The van der Waals surface area contributed by atoms with E-state index in [9.17, 15) is 4.39 Å². The third-order valence-electron chi connectivity index (χ3n) is 3.09. The summed E-state index contributed by atoms with van der Waals surface area (Å²) in [6, 6.07) is 5.59. The normalized spacial score (nSPS) is 11.6. The number of para-hydroxylation sites is 1. The van der Waals surface area contributed by atoms with Crippen molar-refractivity contribution >= 4 is 10.9 Å². The number of fused-ring (bicyclic) bond motifs is 1. The molecule has 2 nitrogen and oxygen atoms in total. The Labute approximate surface area is 101 Å². The molecule has 1 heterocycles.